The van der Waals surface area contributed by atoms with Gasteiger partial charge in [-0.15, -0.1) is 0 Å². The summed E-state index contributed by atoms with van der Waals surface area (Å²) in [6.45, 7) is 4.93. The zero-order chi connectivity index (χ0) is 10.9. The summed E-state index contributed by atoms with van der Waals surface area (Å²) in [5.41, 5.74) is 1.10. The lowest BCUT2D eigenvalue weighted by Crippen LogP contribution is -2.27. The molecule has 0 spiro atoms. The first-order valence-electron chi connectivity index (χ1n) is 5.44. The van der Waals surface area contributed by atoms with E-state index in [1.807, 2.05) is 12.4 Å². The third-order valence-corrected chi connectivity index (χ3v) is 2.26. The van der Waals surface area contributed by atoms with Crippen molar-refractivity contribution in [2.24, 2.45) is 0 Å². The Balaban J connectivity index is 2.43. The monoisotopic (exact) mass is 209 g/mol. The van der Waals surface area contributed by atoms with Gasteiger partial charge >= 0.3 is 0 Å². The molecule has 0 aromatic carbocycles. The van der Waals surface area contributed by atoms with E-state index in [9.17, 15) is 0 Å². The Labute approximate surface area is 91.0 Å². The van der Waals surface area contributed by atoms with Crippen LogP contribution < -0.4 is 0 Å². The fraction of sp³-hybridized carbons (Fsp3) is 0.636. The Morgan fingerprint density at radius 1 is 1.27 bits per heavy atom. The predicted molar refractivity (Wildman–Crippen MR) is 59.3 cm³/mol. The second kappa shape index (κ2) is 7.31. The van der Waals surface area contributed by atoms with Gasteiger partial charge in [0.05, 0.1) is 6.61 Å². The first kappa shape index (κ1) is 12.1. The summed E-state index contributed by atoms with van der Waals surface area (Å²) >= 11 is 0. The highest BCUT2D eigenvalue weighted by molar-refractivity contribution is 5.01. The first-order valence-corrected chi connectivity index (χ1v) is 5.44. The molecule has 4 nitrogen and oxygen atoms in total. The van der Waals surface area contributed by atoms with Crippen molar-refractivity contribution in [2.45, 2.75) is 26.3 Å². The normalized spacial score (nSPS) is 10.9. The SMILES string of the molecule is CCCCN(CCO)Cc1cncnc1. The van der Waals surface area contributed by atoms with Crippen LogP contribution in [-0.4, -0.2) is 39.7 Å². The van der Waals surface area contributed by atoms with Crippen molar-refractivity contribution < 1.29 is 5.11 Å². The lowest BCUT2D eigenvalue weighted by Gasteiger charge is -2.20. The van der Waals surface area contributed by atoms with Crippen molar-refractivity contribution >= 4 is 0 Å². The van der Waals surface area contributed by atoms with Crippen molar-refractivity contribution in [2.75, 3.05) is 19.7 Å². The molecule has 4 heteroatoms. The topological polar surface area (TPSA) is 49.2 Å². The molecule has 1 rings (SSSR count). The van der Waals surface area contributed by atoms with E-state index in [-0.39, 0.29) is 6.61 Å². The Morgan fingerprint density at radius 3 is 2.60 bits per heavy atom. The van der Waals surface area contributed by atoms with Crippen LogP contribution in [0.1, 0.15) is 25.3 Å². The van der Waals surface area contributed by atoms with Crippen LogP contribution in [0.3, 0.4) is 0 Å². The highest BCUT2D eigenvalue weighted by Crippen LogP contribution is 2.02. The molecule has 0 fully saturated rings. The molecule has 0 bridgehead atoms. The van der Waals surface area contributed by atoms with E-state index in [1.54, 1.807) is 0 Å². The molecular formula is C11H19N3O. The maximum absolute atomic E-state index is 8.94. The molecule has 84 valence electrons. The van der Waals surface area contributed by atoms with E-state index >= 15 is 0 Å². The summed E-state index contributed by atoms with van der Waals surface area (Å²) in [4.78, 5) is 10.2. The molecule has 0 aliphatic rings. The second-order valence-electron chi connectivity index (χ2n) is 3.60. The third-order valence-electron chi connectivity index (χ3n) is 2.26. The Kier molecular flexibility index (Phi) is 5.88. The molecule has 0 saturated heterocycles. The average molecular weight is 209 g/mol. The molecule has 1 aromatic heterocycles. The van der Waals surface area contributed by atoms with Gasteiger partial charge in [0.1, 0.15) is 6.33 Å². The molecule has 1 aromatic rings. The molecule has 0 atom stereocenters. The van der Waals surface area contributed by atoms with Crippen molar-refractivity contribution in [1.82, 2.24) is 14.9 Å². The quantitative estimate of drug-likeness (QED) is 0.730. The minimum atomic E-state index is 0.206. The smallest absolute Gasteiger partial charge is 0.115 e. The number of aromatic nitrogens is 2. The number of unbranched alkanes of at least 4 members (excludes halogenated alkanes) is 1. The molecule has 0 saturated carbocycles. The zero-order valence-corrected chi connectivity index (χ0v) is 9.26. The summed E-state index contributed by atoms with van der Waals surface area (Å²) in [5.74, 6) is 0. The Hall–Kier alpha value is -1.00. The molecule has 0 aliphatic heterocycles. The van der Waals surface area contributed by atoms with Crippen molar-refractivity contribution in [3.63, 3.8) is 0 Å². The van der Waals surface area contributed by atoms with Crippen LogP contribution in [0.2, 0.25) is 0 Å². The summed E-state index contributed by atoms with van der Waals surface area (Å²) < 4.78 is 0. The highest BCUT2D eigenvalue weighted by atomic mass is 16.3. The highest BCUT2D eigenvalue weighted by Gasteiger charge is 2.04. The van der Waals surface area contributed by atoms with Crippen LogP contribution in [-0.2, 0) is 6.54 Å². The number of aliphatic hydroxyl groups is 1. The van der Waals surface area contributed by atoms with E-state index in [1.165, 1.54) is 12.7 Å². The minimum Gasteiger partial charge on any atom is -0.395 e. The van der Waals surface area contributed by atoms with Crippen LogP contribution in [0.25, 0.3) is 0 Å². The molecule has 15 heavy (non-hydrogen) atoms. The zero-order valence-electron chi connectivity index (χ0n) is 9.26. The van der Waals surface area contributed by atoms with Crippen molar-refractivity contribution in [1.29, 1.82) is 0 Å². The van der Waals surface area contributed by atoms with Gasteiger partial charge in [0.15, 0.2) is 0 Å². The number of nitrogens with zero attached hydrogens (tertiary/aromatic N) is 3. The standard InChI is InChI=1S/C11H19N3O/c1-2-3-4-14(5-6-15)9-11-7-12-10-13-8-11/h7-8,10,15H,2-6,9H2,1H3. The molecule has 1 N–H and O–H groups in total. The fourth-order valence-corrected chi connectivity index (χ4v) is 1.46. The molecule has 0 unspecified atom stereocenters. The number of hydrogen-bond donors (Lipinski definition) is 1. The van der Waals surface area contributed by atoms with E-state index in [4.69, 9.17) is 5.11 Å². The van der Waals surface area contributed by atoms with Crippen LogP contribution in [0.4, 0.5) is 0 Å². The van der Waals surface area contributed by atoms with Crippen LogP contribution >= 0.6 is 0 Å². The third kappa shape index (κ3) is 4.85. The molecular weight excluding hydrogens is 190 g/mol. The summed E-state index contributed by atoms with van der Waals surface area (Å²) in [7, 11) is 0. The van der Waals surface area contributed by atoms with Gasteiger partial charge in [-0.3, -0.25) is 4.90 Å². The van der Waals surface area contributed by atoms with Crippen molar-refractivity contribution in [3.8, 4) is 0 Å². The van der Waals surface area contributed by atoms with Crippen LogP contribution in [0.15, 0.2) is 18.7 Å². The van der Waals surface area contributed by atoms with Gasteiger partial charge in [-0.25, -0.2) is 9.97 Å². The average Bonchev–Trinajstić information content (AvgIpc) is 2.28. The molecule has 1 heterocycles. The van der Waals surface area contributed by atoms with E-state index < -0.39 is 0 Å². The molecule has 0 amide bonds. The van der Waals surface area contributed by atoms with Gasteiger partial charge in [-0.2, -0.15) is 0 Å². The largest absolute Gasteiger partial charge is 0.395 e. The van der Waals surface area contributed by atoms with Gasteiger partial charge < -0.3 is 5.11 Å². The Morgan fingerprint density at radius 2 is 2.00 bits per heavy atom. The van der Waals surface area contributed by atoms with Crippen LogP contribution in [0.5, 0.6) is 0 Å². The van der Waals surface area contributed by atoms with Gasteiger partial charge in [-0.05, 0) is 13.0 Å². The first-order chi connectivity index (χ1) is 7.36. The van der Waals surface area contributed by atoms with Crippen LogP contribution in [0, 0.1) is 0 Å². The van der Waals surface area contributed by atoms with E-state index in [0.717, 1.165) is 31.6 Å². The predicted octanol–water partition coefficient (Wildman–Crippen LogP) is 1.07. The second-order valence-corrected chi connectivity index (χ2v) is 3.60. The van der Waals surface area contributed by atoms with E-state index in [0.29, 0.717) is 0 Å². The summed E-state index contributed by atoms with van der Waals surface area (Å²) in [6.07, 6.45) is 7.51. The summed E-state index contributed by atoms with van der Waals surface area (Å²) in [5, 5.41) is 8.94. The van der Waals surface area contributed by atoms with Gasteiger partial charge in [0.25, 0.3) is 0 Å². The van der Waals surface area contributed by atoms with Gasteiger partial charge in [0.2, 0.25) is 0 Å². The maximum atomic E-state index is 8.94. The number of hydrogen-bond acceptors (Lipinski definition) is 4. The Bertz CT molecular complexity index is 253. The number of rotatable bonds is 7. The summed E-state index contributed by atoms with van der Waals surface area (Å²) in [6, 6.07) is 0. The lowest BCUT2D eigenvalue weighted by atomic mass is 10.2. The lowest BCUT2D eigenvalue weighted by molar-refractivity contribution is 0.188. The fourth-order valence-electron chi connectivity index (χ4n) is 1.46. The number of aliphatic hydroxyl groups excluding tert-OH is 1. The molecule has 0 radical (unpaired) electrons. The van der Waals surface area contributed by atoms with Gasteiger partial charge in [-0.1, -0.05) is 13.3 Å². The maximum Gasteiger partial charge on any atom is 0.115 e. The minimum absolute atomic E-state index is 0.206. The van der Waals surface area contributed by atoms with Gasteiger partial charge in [0, 0.05) is 31.0 Å². The van der Waals surface area contributed by atoms with Crippen molar-refractivity contribution in [3.05, 3.63) is 24.3 Å². The van der Waals surface area contributed by atoms with E-state index in [2.05, 4.69) is 21.8 Å². The molecule has 0 aliphatic carbocycles.